The molecule has 1 aliphatic carbocycles. The van der Waals surface area contributed by atoms with Gasteiger partial charge in [0.1, 0.15) is 24.7 Å². The van der Waals surface area contributed by atoms with Gasteiger partial charge in [-0.05, 0) is 56.0 Å². The molecule has 0 saturated heterocycles. The predicted octanol–water partition coefficient (Wildman–Crippen LogP) is 7.43. The largest absolute Gasteiger partial charge is 0.462 e. The number of hydrogen-bond donors (Lipinski definition) is 0. The Morgan fingerprint density at radius 1 is 0.951 bits per heavy atom. The van der Waals surface area contributed by atoms with E-state index >= 15 is 0 Å². The van der Waals surface area contributed by atoms with Gasteiger partial charge in [0.2, 0.25) is 0 Å². The van der Waals surface area contributed by atoms with Crippen LogP contribution >= 0.6 is 7.92 Å². The minimum absolute atomic E-state index is 0.00518. The van der Waals surface area contributed by atoms with Crippen molar-refractivity contribution in [3.05, 3.63) is 88.7 Å². The van der Waals surface area contributed by atoms with Crippen molar-refractivity contribution < 1.29 is 23.8 Å². The van der Waals surface area contributed by atoms with Gasteiger partial charge in [0, 0.05) is 47.2 Å². The number of benzene rings is 2. The normalized spacial score (nSPS) is 15.7. The fourth-order valence-corrected chi connectivity index (χ4v) is 7.25. The lowest BCUT2D eigenvalue weighted by Gasteiger charge is -2.32. The summed E-state index contributed by atoms with van der Waals surface area (Å²) in [5, 5.41) is 0. The summed E-state index contributed by atoms with van der Waals surface area (Å²) in [4.78, 5) is 27.4. The summed E-state index contributed by atoms with van der Waals surface area (Å²) in [6.45, 7) is 14.2. The smallest absolute Gasteiger partial charge is 0.338 e. The molecular weight excluding hydrogens is 533 g/mol. The number of esters is 2. The maximum atomic E-state index is 13.3. The van der Waals surface area contributed by atoms with Gasteiger partial charge in [0.05, 0.1) is 11.5 Å². The van der Waals surface area contributed by atoms with Crippen LogP contribution in [-0.2, 0) is 14.3 Å². The monoisotopic (exact) mass is 575 g/mol. The molecule has 0 amide bonds. The SMILES string of the molecule is CCN(CC)c1ccc2c(c1)OC1=CC(P(CC)CC)C=CC1=C2c1ccccc1C(=O)OCCOC(=O)C(C)C. The van der Waals surface area contributed by atoms with E-state index in [0.29, 0.717) is 11.2 Å². The van der Waals surface area contributed by atoms with Gasteiger partial charge in [0.15, 0.2) is 0 Å². The summed E-state index contributed by atoms with van der Waals surface area (Å²) in [6, 6.07) is 13.9. The highest BCUT2D eigenvalue weighted by Crippen LogP contribution is 2.49. The third-order valence-corrected chi connectivity index (χ3v) is 10.4. The standard InChI is InChI=1S/C34H42NO5P/c1-7-35(8-2)24-15-17-28-30(21-24)40-31-22-25(41(9-3)10-4)16-18-29(31)32(28)26-13-11-12-14-27(26)34(37)39-20-19-38-33(36)23(5)6/h11-18,21-23,25H,7-10,19-20H2,1-6H3. The first-order valence-electron chi connectivity index (χ1n) is 14.7. The molecule has 0 spiro atoms. The second-order valence-corrected chi connectivity index (χ2v) is 13.4. The van der Waals surface area contributed by atoms with Crippen LogP contribution in [0, 0.1) is 5.92 Å². The Morgan fingerprint density at radius 2 is 1.66 bits per heavy atom. The predicted molar refractivity (Wildman–Crippen MR) is 168 cm³/mol. The second kappa shape index (κ2) is 14.0. The van der Waals surface area contributed by atoms with Crippen LogP contribution in [0.5, 0.6) is 5.75 Å². The van der Waals surface area contributed by atoms with E-state index in [2.05, 4.69) is 69.0 Å². The first-order valence-corrected chi connectivity index (χ1v) is 16.5. The Hall–Kier alpha value is -3.37. The van der Waals surface area contributed by atoms with Gasteiger partial charge in [0.25, 0.3) is 0 Å². The van der Waals surface area contributed by atoms with E-state index in [-0.39, 0.29) is 33.0 Å². The topological polar surface area (TPSA) is 65.1 Å². The molecule has 2 aromatic rings. The fourth-order valence-electron chi connectivity index (χ4n) is 5.29. The Bertz CT molecular complexity index is 1350. The van der Waals surface area contributed by atoms with Crippen molar-refractivity contribution in [1.29, 1.82) is 0 Å². The van der Waals surface area contributed by atoms with Crippen LogP contribution in [0.3, 0.4) is 0 Å². The van der Waals surface area contributed by atoms with E-state index in [9.17, 15) is 9.59 Å². The zero-order chi connectivity index (χ0) is 29.5. The maximum Gasteiger partial charge on any atom is 0.338 e. The van der Waals surface area contributed by atoms with Crippen LogP contribution in [0.1, 0.15) is 63.0 Å². The van der Waals surface area contributed by atoms with Crippen molar-refractivity contribution in [3.63, 3.8) is 0 Å². The van der Waals surface area contributed by atoms with Gasteiger partial charge >= 0.3 is 11.9 Å². The van der Waals surface area contributed by atoms with E-state index in [1.165, 1.54) is 0 Å². The van der Waals surface area contributed by atoms with Gasteiger partial charge in [-0.25, -0.2) is 4.79 Å². The lowest BCUT2D eigenvalue weighted by molar-refractivity contribution is -0.148. The van der Waals surface area contributed by atoms with Gasteiger partial charge in [-0.3, -0.25) is 4.79 Å². The average molecular weight is 576 g/mol. The zero-order valence-electron chi connectivity index (χ0n) is 25.1. The van der Waals surface area contributed by atoms with E-state index in [0.717, 1.165) is 64.9 Å². The van der Waals surface area contributed by atoms with E-state index in [1.807, 2.05) is 18.2 Å². The number of carbonyl (C=O) groups excluding carboxylic acids is 2. The molecule has 1 unspecified atom stereocenters. The molecule has 2 aliphatic rings. The van der Waals surface area contributed by atoms with E-state index in [1.54, 1.807) is 19.9 Å². The van der Waals surface area contributed by atoms with Crippen LogP contribution in [0.2, 0.25) is 0 Å². The lowest BCUT2D eigenvalue weighted by atomic mass is 9.85. The number of ether oxygens (including phenoxy) is 3. The molecule has 0 radical (unpaired) electrons. The summed E-state index contributed by atoms with van der Waals surface area (Å²) >= 11 is 0. The molecule has 41 heavy (non-hydrogen) atoms. The highest BCUT2D eigenvalue weighted by Gasteiger charge is 2.31. The van der Waals surface area contributed by atoms with Crippen molar-refractivity contribution in [2.24, 2.45) is 5.92 Å². The van der Waals surface area contributed by atoms with Gasteiger partial charge in [-0.2, -0.15) is 0 Å². The van der Waals surface area contributed by atoms with E-state index < -0.39 is 5.97 Å². The molecule has 1 atom stereocenters. The number of carbonyl (C=O) groups is 2. The fraction of sp³-hybridized carbons (Fsp3) is 0.412. The quantitative estimate of drug-likeness (QED) is 0.149. The van der Waals surface area contributed by atoms with Gasteiger partial charge in [-0.15, -0.1) is 0 Å². The molecule has 0 N–H and O–H groups in total. The minimum Gasteiger partial charge on any atom is -0.462 e. The summed E-state index contributed by atoms with van der Waals surface area (Å²) in [7, 11) is -0.183. The molecule has 0 fully saturated rings. The number of allylic oxidation sites excluding steroid dienone is 3. The third kappa shape index (κ3) is 6.76. The van der Waals surface area contributed by atoms with Crippen LogP contribution in [-0.4, -0.2) is 56.2 Å². The van der Waals surface area contributed by atoms with Crippen molar-refractivity contribution in [1.82, 2.24) is 0 Å². The maximum absolute atomic E-state index is 13.3. The van der Waals surface area contributed by atoms with E-state index in [4.69, 9.17) is 14.2 Å². The van der Waals surface area contributed by atoms with Crippen LogP contribution < -0.4 is 9.64 Å². The number of rotatable bonds is 12. The Balaban J connectivity index is 1.76. The molecule has 0 aromatic heterocycles. The van der Waals surface area contributed by atoms with Crippen molar-refractivity contribution >= 4 is 31.1 Å². The lowest BCUT2D eigenvalue weighted by Crippen LogP contribution is -2.22. The average Bonchev–Trinajstić information content (AvgIpc) is 2.99. The summed E-state index contributed by atoms with van der Waals surface area (Å²) in [6.07, 6.45) is 9.04. The molecule has 1 aliphatic heterocycles. The number of fused-ring (bicyclic) bond motifs is 2. The Kier molecular flexibility index (Phi) is 10.4. The highest BCUT2D eigenvalue weighted by molar-refractivity contribution is 7.58. The third-order valence-electron chi connectivity index (χ3n) is 7.58. The van der Waals surface area contributed by atoms with Gasteiger partial charge < -0.3 is 19.1 Å². The summed E-state index contributed by atoms with van der Waals surface area (Å²) in [5.41, 5.74) is 5.57. The summed E-state index contributed by atoms with van der Waals surface area (Å²) in [5.74, 6) is 0.635. The molecule has 0 bridgehead atoms. The number of anilines is 1. The molecule has 7 heteroatoms. The molecule has 4 rings (SSSR count). The van der Waals surface area contributed by atoms with Crippen molar-refractivity contribution in [3.8, 4) is 5.75 Å². The highest BCUT2D eigenvalue weighted by atomic mass is 31.1. The summed E-state index contributed by atoms with van der Waals surface area (Å²) < 4.78 is 17.4. The van der Waals surface area contributed by atoms with Crippen LogP contribution in [0.25, 0.3) is 5.57 Å². The molecule has 2 aromatic carbocycles. The molecule has 1 heterocycles. The van der Waals surface area contributed by atoms with Crippen LogP contribution in [0.4, 0.5) is 5.69 Å². The first-order chi connectivity index (χ1) is 19.8. The first kappa shape index (κ1) is 30.6. The molecule has 6 nitrogen and oxygen atoms in total. The minimum atomic E-state index is -0.453. The van der Waals surface area contributed by atoms with Crippen molar-refractivity contribution in [2.45, 2.75) is 47.2 Å². The molecule has 218 valence electrons. The zero-order valence-corrected chi connectivity index (χ0v) is 26.0. The van der Waals surface area contributed by atoms with Gasteiger partial charge in [-0.1, -0.05) is 66.0 Å². The Morgan fingerprint density at radius 3 is 2.34 bits per heavy atom. The molecule has 0 saturated carbocycles. The van der Waals surface area contributed by atoms with Crippen LogP contribution in [0.15, 0.2) is 72.0 Å². The number of hydrogen-bond acceptors (Lipinski definition) is 6. The van der Waals surface area contributed by atoms with Crippen molar-refractivity contribution in [2.75, 3.05) is 43.5 Å². The molecular formula is C34H42NO5P. The Labute approximate surface area is 245 Å². The second-order valence-electron chi connectivity index (χ2n) is 10.3. The number of nitrogens with zero attached hydrogens (tertiary/aromatic N) is 1.